The van der Waals surface area contributed by atoms with Crippen LogP contribution in [-0.4, -0.2) is 0 Å². The van der Waals surface area contributed by atoms with Gasteiger partial charge in [0.15, 0.2) is 0 Å². The molecule has 0 bridgehead atoms. The van der Waals surface area contributed by atoms with Crippen molar-refractivity contribution in [2.24, 2.45) is 0 Å². The van der Waals surface area contributed by atoms with Gasteiger partial charge in [0.25, 0.3) is 0 Å². The number of hydrogen-bond donors (Lipinski definition) is 2. The first-order valence-electron chi connectivity index (χ1n) is 9.73. The minimum atomic E-state index is 0.807. The summed E-state index contributed by atoms with van der Waals surface area (Å²) in [6, 6.07) is 8.87. The number of hydrogen-bond acceptors (Lipinski definition) is 2. The van der Waals surface area contributed by atoms with E-state index in [1.165, 1.54) is 59.1 Å². The van der Waals surface area contributed by atoms with Crippen molar-refractivity contribution in [3.8, 4) is 0 Å². The molecule has 2 nitrogen and oxygen atoms in total. The number of rotatable bonds is 8. The van der Waals surface area contributed by atoms with Crippen LogP contribution in [-0.2, 0) is 19.3 Å². The molecule has 0 atom stereocenters. The van der Waals surface area contributed by atoms with Gasteiger partial charge in [-0.1, -0.05) is 51.0 Å². The van der Waals surface area contributed by atoms with Crippen LogP contribution in [0.4, 0.5) is 11.4 Å². The fraction of sp³-hybridized carbons (Fsp3) is 0.478. The predicted molar refractivity (Wildman–Crippen MR) is 111 cm³/mol. The Morgan fingerprint density at radius 2 is 1.00 bits per heavy atom. The Morgan fingerprint density at radius 3 is 1.36 bits per heavy atom. The molecule has 0 radical (unpaired) electrons. The van der Waals surface area contributed by atoms with Crippen molar-refractivity contribution in [3.63, 3.8) is 0 Å². The van der Waals surface area contributed by atoms with Crippen LogP contribution in [0.3, 0.4) is 0 Å². The number of nitrogen functional groups attached to an aromatic ring is 2. The Balaban J connectivity index is 2.25. The van der Waals surface area contributed by atoms with Crippen molar-refractivity contribution < 1.29 is 0 Å². The van der Waals surface area contributed by atoms with E-state index in [4.69, 9.17) is 11.5 Å². The molecule has 0 aliphatic carbocycles. The lowest BCUT2D eigenvalue weighted by Gasteiger charge is -2.16. The zero-order valence-corrected chi connectivity index (χ0v) is 16.4. The molecule has 2 aromatic rings. The summed E-state index contributed by atoms with van der Waals surface area (Å²) in [7, 11) is 0. The van der Waals surface area contributed by atoms with Crippen molar-refractivity contribution in [2.75, 3.05) is 11.5 Å². The summed E-state index contributed by atoms with van der Waals surface area (Å²) in [5.74, 6) is 0. The smallest absolute Gasteiger partial charge is 0.0382 e. The van der Waals surface area contributed by atoms with Gasteiger partial charge in [0.1, 0.15) is 0 Å². The topological polar surface area (TPSA) is 52.0 Å². The van der Waals surface area contributed by atoms with E-state index in [1.54, 1.807) is 0 Å². The number of nitrogens with two attached hydrogens (primary N) is 2. The second-order valence-electron chi connectivity index (χ2n) is 7.23. The van der Waals surface area contributed by atoms with Crippen molar-refractivity contribution in [1.82, 2.24) is 0 Å². The third-order valence-electron chi connectivity index (χ3n) is 5.41. The maximum Gasteiger partial charge on any atom is 0.0382 e. The second-order valence-corrected chi connectivity index (χ2v) is 7.23. The van der Waals surface area contributed by atoms with E-state index in [-0.39, 0.29) is 0 Å². The lowest BCUT2D eigenvalue weighted by Crippen LogP contribution is -2.05. The number of aryl methyl sites for hydroxylation is 2. The summed E-state index contributed by atoms with van der Waals surface area (Å²) >= 11 is 0. The van der Waals surface area contributed by atoms with Crippen LogP contribution in [0.1, 0.15) is 72.9 Å². The van der Waals surface area contributed by atoms with Gasteiger partial charge in [-0.05, 0) is 72.9 Å². The molecule has 0 heterocycles. The molecule has 2 aromatic carbocycles. The van der Waals surface area contributed by atoms with E-state index in [0.717, 1.165) is 30.6 Å². The Kier molecular flexibility index (Phi) is 6.92. The molecule has 0 spiro atoms. The molecule has 25 heavy (non-hydrogen) atoms. The highest BCUT2D eigenvalue weighted by Gasteiger charge is 2.12. The maximum absolute atomic E-state index is 6.45. The van der Waals surface area contributed by atoms with Gasteiger partial charge in [0.05, 0.1) is 0 Å². The molecule has 2 heteroatoms. The molecule has 0 fully saturated rings. The van der Waals surface area contributed by atoms with Crippen molar-refractivity contribution >= 4 is 11.4 Å². The number of unbranched alkanes of at least 4 members (excludes halogenated alkanes) is 2. The highest BCUT2D eigenvalue weighted by Crippen LogP contribution is 2.29. The first kappa shape index (κ1) is 19.4. The normalized spacial score (nSPS) is 11.0. The Morgan fingerprint density at radius 1 is 0.640 bits per heavy atom. The lowest BCUT2D eigenvalue weighted by atomic mass is 9.92. The second kappa shape index (κ2) is 8.94. The molecule has 0 aromatic heterocycles. The van der Waals surface area contributed by atoms with Crippen molar-refractivity contribution in [2.45, 2.75) is 72.6 Å². The summed E-state index contributed by atoms with van der Waals surface area (Å²) in [4.78, 5) is 0. The fourth-order valence-corrected chi connectivity index (χ4v) is 3.45. The molecule has 0 saturated heterocycles. The molecule has 2 rings (SSSR count). The van der Waals surface area contributed by atoms with Crippen molar-refractivity contribution in [1.29, 1.82) is 0 Å². The monoisotopic (exact) mass is 338 g/mol. The van der Waals surface area contributed by atoms with Crippen LogP contribution >= 0.6 is 0 Å². The van der Waals surface area contributed by atoms with Gasteiger partial charge >= 0.3 is 0 Å². The van der Waals surface area contributed by atoms with Crippen molar-refractivity contribution in [3.05, 3.63) is 57.6 Å². The van der Waals surface area contributed by atoms with Gasteiger partial charge in [-0.3, -0.25) is 0 Å². The lowest BCUT2D eigenvalue weighted by molar-refractivity contribution is 0.790. The molecular weight excluding hydrogens is 304 g/mol. The zero-order chi connectivity index (χ0) is 18.4. The predicted octanol–water partition coefficient (Wildman–Crippen LogP) is 5.74. The van der Waals surface area contributed by atoms with E-state index in [2.05, 4.69) is 52.0 Å². The SMILES string of the molecule is CCCCc1ccc(Cc2ccc(CCCC)c(C)c2N)c(N)c1C. The van der Waals surface area contributed by atoms with Crippen LogP contribution in [0, 0.1) is 13.8 Å². The van der Waals surface area contributed by atoms with E-state index in [9.17, 15) is 0 Å². The standard InChI is InChI=1S/C23H34N2/c1-5-7-9-18-11-13-20(22(24)16(18)3)15-21-14-12-19(10-8-6-2)17(4)23(21)25/h11-14H,5-10,15,24-25H2,1-4H3. The van der Waals surface area contributed by atoms with Crippen LogP contribution in [0.5, 0.6) is 0 Å². The molecule has 4 N–H and O–H groups in total. The van der Waals surface area contributed by atoms with Gasteiger partial charge in [0, 0.05) is 17.8 Å². The Hall–Kier alpha value is -1.96. The number of anilines is 2. The minimum absolute atomic E-state index is 0.807. The third-order valence-corrected chi connectivity index (χ3v) is 5.41. The molecule has 0 saturated carbocycles. The largest absolute Gasteiger partial charge is 0.398 e. The minimum Gasteiger partial charge on any atom is -0.398 e. The summed E-state index contributed by atoms with van der Waals surface area (Å²) in [5.41, 5.74) is 22.4. The third kappa shape index (κ3) is 4.56. The summed E-state index contributed by atoms with van der Waals surface area (Å²) in [6.07, 6.45) is 7.88. The molecule has 136 valence electrons. The van der Waals surface area contributed by atoms with E-state index < -0.39 is 0 Å². The van der Waals surface area contributed by atoms with E-state index in [0.29, 0.717) is 0 Å². The molecular formula is C23H34N2. The fourth-order valence-electron chi connectivity index (χ4n) is 3.45. The average molecular weight is 339 g/mol. The molecule has 0 unspecified atom stereocenters. The molecule has 0 aliphatic rings. The zero-order valence-electron chi connectivity index (χ0n) is 16.4. The van der Waals surface area contributed by atoms with Crippen LogP contribution in [0.15, 0.2) is 24.3 Å². The first-order valence-corrected chi connectivity index (χ1v) is 9.73. The summed E-state index contributed by atoms with van der Waals surface area (Å²) < 4.78 is 0. The van der Waals surface area contributed by atoms with Gasteiger partial charge in [-0.25, -0.2) is 0 Å². The van der Waals surface area contributed by atoms with E-state index >= 15 is 0 Å². The van der Waals surface area contributed by atoms with Gasteiger partial charge in [-0.15, -0.1) is 0 Å². The number of benzene rings is 2. The van der Waals surface area contributed by atoms with Gasteiger partial charge < -0.3 is 11.5 Å². The van der Waals surface area contributed by atoms with Crippen LogP contribution in [0.2, 0.25) is 0 Å². The average Bonchev–Trinajstić information content (AvgIpc) is 2.61. The summed E-state index contributed by atoms with van der Waals surface area (Å²) in [5, 5.41) is 0. The quantitative estimate of drug-likeness (QED) is 0.603. The van der Waals surface area contributed by atoms with Crippen LogP contribution < -0.4 is 11.5 Å². The van der Waals surface area contributed by atoms with Gasteiger partial charge in [-0.2, -0.15) is 0 Å². The summed E-state index contributed by atoms with van der Waals surface area (Å²) in [6.45, 7) is 8.74. The van der Waals surface area contributed by atoms with E-state index in [1.807, 2.05) is 0 Å². The maximum atomic E-state index is 6.45. The Bertz CT molecular complexity index is 655. The molecule has 0 amide bonds. The van der Waals surface area contributed by atoms with Gasteiger partial charge in [0.2, 0.25) is 0 Å². The highest BCUT2D eigenvalue weighted by molar-refractivity contribution is 5.62. The highest BCUT2D eigenvalue weighted by atomic mass is 14.6. The first-order chi connectivity index (χ1) is 12.0. The van der Waals surface area contributed by atoms with Crippen LogP contribution in [0.25, 0.3) is 0 Å². The Labute approximate surface area is 153 Å². The molecule has 0 aliphatic heterocycles.